The van der Waals surface area contributed by atoms with Crippen molar-refractivity contribution >= 4 is 46.1 Å². The molecule has 0 bridgehead atoms. The molecule has 0 radical (unpaired) electrons. The average molecular weight is 423 g/mol. The number of nitrogens with zero attached hydrogens (tertiary/aromatic N) is 2. The van der Waals surface area contributed by atoms with Gasteiger partial charge >= 0.3 is 0 Å². The zero-order chi connectivity index (χ0) is 20.0. The fourth-order valence-corrected chi connectivity index (χ4v) is 5.25. The number of carbonyl (C=O) groups excluding carboxylic acids is 2. The van der Waals surface area contributed by atoms with Crippen molar-refractivity contribution in [3.05, 3.63) is 80.5 Å². The summed E-state index contributed by atoms with van der Waals surface area (Å²) in [7, 11) is 0. The van der Waals surface area contributed by atoms with Crippen LogP contribution in [-0.4, -0.2) is 18.4 Å². The molecule has 0 fully saturated rings. The molecular formula is C23H19ClN2O2S. The van der Waals surface area contributed by atoms with E-state index < -0.39 is 0 Å². The van der Waals surface area contributed by atoms with Gasteiger partial charge in [-0.15, -0.1) is 11.3 Å². The van der Waals surface area contributed by atoms with Crippen molar-refractivity contribution < 1.29 is 9.59 Å². The maximum atomic E-state index is 12.9. The summed E-state index contributed by atoms with van der Waals surface area (Å²) in [5, 5.41) is 2.26. The Kier molecular flexibility index (Phi) is 4.64. The lowest BCUT2D eigenvalue weighted by atomic mass is 10.0. The molecule has 2 aliphatic heterocycles. The van der Waals surface area contributed by atoms with E-state index in [1.807, 2.05) is 17.5 Å². The van der Waals surface area contributed by atoms with Crippen LogP contribution in [0.1, 0.15) is 32.8 Å². The van der Waals surface area contributed by atoms with Crippen LogP contribution in [0.4, 0.5) is 11.4 Å². The van der Waals surface area contributed by atoms with E-state index in [1.54, 1.807) is 12.1 Å². The Morgan fingerprint density at radius 1 is 1.03 bits per heavy atom. The van der Waals surface area contributed by atoms with Gasteiger partial charge in [0.15, 0.2) is 0 Å². The molecule has 0 aliphatic carbocycles. The number of fused-ring (bicyclic) bond motifs is 2. The smallest absolute Gasteiger partial charge is 0.266 e. The van der Waals surface area contributed by atoms with E-state index in [-0.39, 0.29) is 18.2 Å². The molecule has 0 spiro atoms. The van der Waals surface area contributed by atoms with Gasteiger partial charge in [-0.2, -0.15) is 0 Å². The SMILES string of the molecule is O=C1Cc2sccc2C(=O)N1c1cc(CN2CCCc3ccccc32)ccc1Cl. The largest absolute Gasteiger partial charge is 0.367 e. The van der Waals surface area contributed by atoms with Crippen LogP contribution in [0.15, 0.2) is 53.9 Å². The third-order valence-electron chi connectivity index (χ3n) is 5.57. The number of benzene rings is 2. The lowest BCUT2D eigenvalue weighted by molar-refractivity contribution is -0.117. The van der Waals surface area contributed by atoms with Crippen LogP contribution in [0, 0.1) is 0 Å². The number of carbonyl (C=O) groups is 2. The molecule has 0 atom stereocenters. The number of thiophene rings is 1. The van der Waals surface area contributed by atoms with Crippen molar-refractivity contribution in [1.82, 2.24) is 0 Å². The normalized spacial score (nSPS) is 16.0. The summed E-state index contributed by atoms with van der Waals surface area (Å²) in [5.41, 5.74) is 4.71. The Balaban J connectivity index is 1.48. The molecule has 3 heterocycles. The Morgan fingerprint density at radius 3 is 2.79 bits per heavy atom. The molecular weight excluding hydrogens is 404 g/mol. The van der Waals surface area contributed by atoms with Gasteiger partial charge in [0.1, 0.15) is 0 Å². The molecule has 5 rings (SSSR count). The second-order valence-electron chi connectivity index (χ2n) is 7.41. The van der Waals surface area contributed by atoms with Gasteiger partial charge in [-0.3, -0.25) is 9.59 Å². The summed E-state index contributed by atoms with van der Waals surface area (Å²) in [4.78, 5) is 30.1. The van der Waals surface area contributed by atoms with Gasteiger partial charge in [-0.05, 0) is 53.6 Å². The Bertz CT molecular complexity index is 1120. The molecule has 0 N–H and O–H groups in total. The molecule has 29 heavy (non-hydrogen) atoms. The highest BCUT2D eigenvalue weighted by Crippen LogP contribution is 2.35. The van der Waals surface area contributed by atoms with Crippen LogP contribution in [0.5, 0.6) is 0 Å². The van der Waals surface area contributed by atoms with Crippen molar-refractivity contribution in [2.24, 2.45) is 0 Å². The Hall–Kier alpha value is -2.63. The van der Waals surface area contributed by atoms with E-state index in [0.717, 1.165) is 29.8 Å². The van der Waals surface area contributed by atoms with Crippen LogP contribution < -0.4 is 9.80 Å². The van der Waals surface area contributed by atoms with E-state index in [9.17, 15) is 9.59 Å². The lowest BCUT2D eigenvalue weighted by Gasteiger charge is -2.32. The number of hydrogen-bond donors (Lipinski definition) is 0. The van der Waals surface area contributed by atoms with E-state index in [4.69, 9.17) is 11.6 Å². The standard InChI is InChI=1S/C23H19ClN2O2S/c24-18-8-7-15(14-25-10-3-5-16-4-1-2-6-19(16)25)12-20(18)26-22(27)13-21-17(23(26)28)9-11-29-21/h1-2,4,6-9,11-12H,3,5,10,13-14H2. The third kappa shape index (κ3) is 3.24. The molecule has 6 heteroatoms. The van der Waals surface area contributed by atoms with Crippen molar-refractivity contribution in [3.63, 3.8) is 0 Å². The number of halogens is 1. The van der Waals surface area contributed by atoms with Crippen molar-refractivity contribution in [2.45, 2.75) is 25.8 Å². The topological polar surface area (TPSA) is 40.6 Å². The van der Waals surface area contributed by atoms with Crippen LogP contribution in [0.3, 0.4) is 0 Å². The van der Waals surface area contributed by atoms with Gasteiger partial charge in [0, 0.05) is 23.7 Å². The molecule has 0 saturated heterocycles. The van der Waals surface area contributed by atoms with Crippen molar-refractivity contribution in [2.75, 3.05) is 16.3 Å². The first-order valence-corrected chi connectivity index (χ1v) is 10.9. The predicted molar refractivity (Wildman–Crippen MR) is 117 cm³/mol. The zero-order valence-corrected chi connectivity index (χ0v) is 17.3. The second-order valence-corrected chi connectivity index (χ2v) is 8.82. The quantitative estimate of drug-likeness (QED) is 0.552. The monoisotopic (exact) mass is 422 g/mol. The molecule has 1 aromatic heterocycles. The van der Waals surface area contributed by atoms with Crippen LogP contribution >= 0.6 is 22.9 Å². The van der Waals surface area contributed by atoms with Crippen molar-refractivity contribution in [1.29, 1.82) is 0 Å². The summed E-state index contributed by atoms with van der Waals surface area (Å²) in [5.74, 6) is -0.521. The van der Waals surface area contributed by atoms with Gasteiger partial charge in [-0.25, -0.2) is 4.90 Å². The number of aryl methyl sites for hydroxylation is 1. The maximum absolute atomic E-state index is 12.9. The summed E-state index contributed by atoms with van der Waals surface area (Å²) < 4.78 is 0. The van der Waals surface area contributed by atoms with Gasteiger partial charge in [-0.1, -0.05) is 35.9 Å². The van der Waals surface area contributed by atoms with E-state index in [0.29, 0.717) is 22.8 Å². The fourth-order valence-electron chi connectivity index (χ4n) is 4.19. The minimum absolute atomic E-state index is 0.229. The summed E-state index contributed by atoms with van der Waals surface area (Å²) >= 11 is 7.87. The lowest BCUT2D eigenvalue weighted by Crippen LogP contribution is -2.42. The van der Waals surface area contributed by atoms with E-state index >= 15 is 0 Å². The highest BCUT2D eigenvalue weighted by atomic mass is 35.5. The number of anilines is 2. The van der Waals surface area contributed by atoms with Crippen LogP contribution in [-0.2, 0) is 24.2 Å². The molecule has 146 valence electrons. The van der Waals surface area contributed by atoms with Gasteiger partial charge in [0.05, 0.1) is 22.7 Å². The Labute approximate surface area is 178 Å². The molecule has 2 aromatic carbocycles. The fraction of sp³-hybridized carbons (Fsp3) is 0.217. The molecule has 3 aromatic rings. The Morgan fingerprint density at radius 2 is 1.90 bits per heavy atom. The highest BCUT2D eigenvalue weighted by molar-refractivity contribution is 7.10. The van der Waals surface area contributed by atoms with Crippen molar-refractivity contribution in [3.8, 4) is 0 Å². The molecule has 0 saturated carbocycles. The highest BCUT2D eigenvalue weighted by Gasteiger charge is 2.34. The summed E-state index contributed by atoms with van der Waals surface area (Å²) in [6.45, 7) is 1.69. The average Bonchev–Trinajstić information content (AvgIpc) is 3.19. The molecule has 2 aliphatic rings. The summed E-state index contributed by atoms with van der Waals surface area (Å²) in [6.07, 6.45) is 2.44. The van der Waals surface area contributed by atoms with Gasteiger partial charge in [0.25, 0.3) is 5.91 Å². The number of hydrogen-bond acceptors (Lipinski definition) is 4. The van der Waals surface area contributed by atoms with E-state index in [2.05, 4.69) is 29.2 Å². The molecule has 2 amide bonds. The second kappa shape index (κ2) is 7.32. The minimum atomic E-state index is -0.292. The number of para-hydroxylation sites is 1. The first-order chi connectivity index (χ1) is 14.1. The maximum Gasteiger partial charge on any atom is 0.266 e. The van der Waals surface area contributed by atoms with Gasteiger partial charge < -0.3 is 4.90 Å². The summed E-state index contributed by atoms with van der Waals surface area (Å²) in [6, 6.07) is 15.9. The number of amides is 2. The number of rotatable bonds is 3. The van der Waals surface area contributed by atoms with Crippen LogP contribution in [0.2, 0.25) is 5.02 Å². The van der Waals surface area contributed by atoms with Gasteiger partial charge in [0.2, 0.25) is 5.91 Å². The predicted octanol–water partition coefficient (Wildman–Crippen LogP) is 5.08. The zero-order valence-electron chi connectivity index (χ0n) is 15.7. The first-order valence-electron chi connectivity index (χ1n) is 9.67. The minimum Gasteiger partial charge on any atom is -0.367 e. The number of imide groups is 1. The van der Waals surface area contributed by atoms with E-state index in [1.165, 1.54) is 27.5 Å². The first kappa shape index (κ1) is 18.4. The molecule has 0 unspecified atom stereocenters. The third-order valence-corrected chi connectivity index (χ3v) is 6.81. The van der Waals surface area contributed by atoms with Crippen LogP contribution in [0.25, 0.3) is 0 Å². The molecule has 4 nitrogen and oxygen atoms in total.